The number of amides is 1. The minimum atomic E-state index is -3.14. The maximum atomic E-state index is 12.2. The van der Waals surface area contributed by atoms with Crippen LogP contribution in [0.5, 0.6) is 0 Å². The van der Waals surface area contributed by atoms with E-state index in [1.807, 2.05) is 42.5 Å². The average Bonchev–Trinajstić information content (AvgIpc) is 2.73. The lowest BCUT2D eigenvalue weighted by atomic mass is 10.1. The van der Waals surface area contributed by atoms with Crippen molar-refractivity contribution >= 4 is 21.7 Å². The molecule has 1 amide bonds. The molecule has 2 rings (SSSR count). The summed E-state index contributed by atoms with van der Waals surface area (Å²) < 4.78 is 24.5. The molecule has 7 nitrogen and oxygen atoms in total. The maximum Gasteiger partial charge on any atom is 0.253 e. The average molecular weight is 431 g/mol. The van der Waals surface area contributed by atoms with E-state index in [0.29, 0.717) is 31.0 Å². The van der Waals surface area contributed by atoms with Crippen molar-refractivity contribution in [1.29, 1.82) is 0 Å². The van der Waals surface area contributed by atoms with Gasteiger partial charge >= 0.3 is 0 Å². The lowest BCUT2D eigenvalue weighted by Crippen LogP contribution is -2.37. The van der Waals surface area contributed by atoms with E-state index >= 15 is 0 Å². The number of guanidine groups is 1. The Kier molecular flexibility index (Phi) is 8.86. The van der Waals surface area contributed by atoms with Gasteiger partial charge in [-0.25, -0.2) is 8.42 Å². The molecule has 0 aliphatic carbocycles. The van der Waals surface area contributed by atoms with Crippen molar-refractivity contribution in [1.82, 2.24) is 15.5 Å². The van der Waals surface area contributed by atoms with Gasteiger partial charge < -0.3 is 15.5 Å². The number of sulfone groups is 1. The third kappa shape index (κ3) is 7.87. The molecule has 0 aliphatic rings. The fourth-order valence-corrected chi connectivity index (χ4v) is 4.26. The topological polar surface area (TPSA) is 90.9 Å². The highest BCUT2D eigenvalue weighted by atomic mass is 32.2. The van der Waals surface area contributed by atoms with Crippen molar-refractivity contribution in [3.63, 3.8) is 0 Å². The van der Waals surface area contributed by atoms with Crippen LogP contribution < -0.4 is 10.6 Å². The number of aliphatic imine (C=N–C) groups is 1. The molecule has 2 N–H and O–H groups in total. The summed E-state index contributed by atoms with van der Waals surface area (Å²) in [5.41, 5.74) is 2.46. The Morgan fingerprint density at radius 3 is 2.23 bits per heavy atom. The van der Waals surface area contributed by atoms with E-state index in [1.165, 1.54) is 0 Å². The molecular weight excluding hydrogens is 400 g/mol. The summed E-state index contributed by atoms with van der Waals surface area (Å²) in [7, 11) is 1.97. The molecule has 0 spiro atoms. The molecule has 0 atom stereocenters. The number of nitrogens with zero attached hydrogens (tertiary/aromatic N) is 2. The number of nitrogens with one attached hydrogen (secondary N) is 2. The molecule has 0 saturated carbocycles. The van der Waals surface area contributed by atoms with Gasteiger partial charge in [0.2, 0.25) is 0 Å². The second-order valence-electron chi connectivity index (χ2n) is 7.18. The molecule has 162 valence electrons. The SMILES string of the molecule is CN=C(NCCCS(=O)(=O)Cc1ccccc1)NCc1ccc(C(=O)N(C)C)cc1. The fraction of sp³-hybridized carbons (Fsp3) is 0.364. The minimum Gasteiger partial charge on any atom is -0.356 e. The first-order chi connectivity index (χ1) is 14.3. The lowest BCUT2D eigenvalue weighted by molar-refractivity contribution is 0.0827. The molecule has 0 heterocycles. The summed E-state index contributed by atoms with van der Waals surface area (Å²) in [6.45, 7) is 1.05. The molecule has 0 radical (unpaired) electrons. The molecule has 0 bridgehead atoms. The molecule has 0 saturated heterocycles. The van der Waals surface area contributed by atoms with E-state index < -0.39 is 9.84 Å². The zero-order valence-corrected chi connectivity index (χ0v) is 18.6. The van der Waals surface area contributed by atoms with Crippen LogP contribution in [0.25, 0.3) is 0 Å². The van der Waals surface area contributed by atoms with Crippen LogP contribution in [0.2, 0.25) is 0 Å². The molecule has 0 aliphatic heterocycles. The fourth-order valence-electron chi connectivity index (χ4n) is 2.83. The van der Waals surface area contributed by atoms with E-state index in [4.69, 9.17) is 0 Å². The summed E-state index contributed by atoms with van der Waals surface area (Å²) in [6.07, 6.45) is 0.497. The molecule has 2 aromatic rings. The number of rotatable bonds is 9. The normalized spacial score (nSPS) is 11.8. The summed E-state index contributed by atoms with van der Waals surface area (Å²) in [5, 5.41) is 6.32. The number of benzene rings is 2. The number of carbonyl (C=O) groups is 1. The van der Waals surface area contributed by atoms with Gasteiger partial charge in [0.05, 0.1) is 11.5 Å². The van der Waals surface area contributed by atoms with Crippen LogP contribution in [0.4, 0.5) is 0 Å². The van der Waals surface area contributed by atoms with Crippen LogP contribution in [0.3, 0.4) is 0 Å². The Bertz CT molecular complexity index is 940. The van der Waals surface area contributed by atoms with Crippen molar-refractivity contribution in [3.05, 3.63) is 71.3 Å². The van der Waals surface area contributed by atoms with Crippen LogP contribution in [-0.4, -0.2) is 58.6 Å². The quantitative estimate of drug-likeness (QED) is 0.361. The van der Waals surface area contributed by atoms with Gasteiger partial charge in [0.25, 0.3) is 5.91 Å². The van der Waals surface area contributed by atoms with Crippen LogP contribution in [-0.2, 0) is 22.1 Å². The maximum absolute atomic E-state index is 12.2. The molecule has 0 aromatic heterocycles. The van der Waals surface area contributed by atoms with Crippen LogP contribution in [0.1, 0.15) is 27.9 Å². The Labute approximate surface area is 179 Å². The molecular formula is C22H30N4O3S. The summed E-state index contributed by atoms with van der Waals surface area (Å²) in [4.78, 5) is 17.6. The standard InChI is InChI=1S/C22H30N4O3S/c1-23-22(25-16-18-10-12-20(13-11-18)21(27)26(2)3)24-14-7-15-30(28,29)17-19-8-5-4-6-9-19/h4-6,8-13H,7,14-17H2,1-3H3,(H2,23,24,25). The minimum absolute atomic E-state index is 0.0331. The van der Waals surface area contributed by atoms with Gasteiger partial charge in [-0.05, 0) is 29.7 Å². The van der Waals surface area contributed by atoms with Gasteiger partial charge in [-0.15, -0.1) is 0 Å². The third-order valence-corrected chi connectivity index (χ3v) is 6.13. The van der Waals surface area contributed by atoms with Crippen LogP contribution in [0, 0.1) is 0 Å². The van der Waals surface area contributed by atoms with E-state index in [9.17, 15) is 13.2 Å². The zero-order valence-electron chi connectivity index (χ0n) is 17.8. The van der Waals surface area contributed by atoms with E-state index in [0.717, 1.165) is 11.1 Å². The molecule has 2 aromatic carbocycles. The summed E-state index contributed by atoms with van der Waals surface area (Å²) >= 11 is 0. The Morgan fingerprint density at radius 1 is 0.967 bits per heavy atom. The highest BCUT2D eigenvalue weighted by Gasteiger charge is 2.12. The van der Waals surface area contributed by atoms with Gasteiger partial charge in [-0.3, -0.25) is 9.79 Å². The predicted octanol–water partition coefficient (Wildman–Crippen LogP) is 2.06. The van der Waals surface area contributed by atoms with E-state index in [1.54, 1.807) is 38.2 Å². The third-order valence-electron chi connectivity index (χ3n) is 4.44. The van der Waals surface area contributed by atoms with Crippen molar-refractivity contribution in [2.24, 2.45) is 4.99 Å². The van der Waals surface area contributed by atoms with Crippen LogP contribution >= 0.6 is 0 Å². The van der Waals surface area contributed by atoms with Crippen LogP contribution in [0.15, 0.2) is 59.6 Å². The van der Waals surface area contributed by atoms with Gasteiger partial charge in [0, 0.05) is 39.8 Å². The highest BCUT2D eigenvalue weighted by Crippen LogP contribution is 2.08. The highest BCUT2D eigenvalue weighted by molar-refractivity contribution is 7.90. The molecule has 30 heavy (non-hydrogen) atoms. The molecule has 0 fully saturated rings. The number of hydrogen-bond donors (Lipinski definition) is 2. The van der Waals surface area contributed by atoms with Crippen molar-refractivity contribution in [2.75, 3.05) is 33.4 Å². The van der Waals surface area contributed by atoms with E-state index in [2.05, 4.69) is 15.6 Å². The second kappa shape index (κ2) is 11.3. The van der Waals surface area contributed by atoms with Gasteiger partial charge in [0.1, 0.15) is 0 Å². The van der Waals surface area contributed by atoms with E-state index in [-0.39, 0.29) is 17.4 Å². The number of carbonyl (C=O) groups excluding carboxylic acids is 1. The lowest BCUT2D eigenvalue weighted by Gasteiger charge is -2.13. The largest absolute Gasteiger partial charge is 0.356 e. The Hall–Kier alpha value is -2.87. The summed E-state index contributed by atoms with van der Waals surface area (Å²) in [6, 6.07) is 16.6. The second-order valence-corrected chi connectivity index (χ2v) is 9.36. The first-order valence-corrected chi connectivity index (χ1v) is 11.6. The van der Waals surface area contributed by atoms with Crippen molar-refractivity contribution in [2.45, 2.75) is 18.7 Å². The van der Waals surface area contributed by atoms with Gasteiger partial charge in [-0.2, -0.15) is 0 Å². The van der Waals surface area contributed by atoms with Gasteiger partial charge in [0.15, 0.2) is 15.8 Å². The Morgan fingerprint density at radius 2 is 1.63 bits per heavy atom. The zero-order chi connectivity index (χ0) is 22.0. The number of hydrogen-bond acceptors (Lipinski definition) is 4. The first-order valence-electron chi connectivity index (χ1n) is 9.80. The molecule has 0 unspecified atom stereocenters. The smallest absolute Gasteiger partial charge is 0.253 e. The first kappa shape index (κ1) is 23.4. The van der Waals surface area contributed by atoms with Crippen molar-refractivity contribution < 1.29 is 13.2 Å². The van der Waals surface area contributed by atoms with Crippen molar-refractivity contribution in [3.8, 4) is 0 Å². The predicted molar refractivity (Wildman–Crippen MR) is 121 cm³/mol. The van der Waals surface area contributed by atoms with Gasteiger partial charge in [-0.1, -0.05) is 42.5 Å². The monoisotopic (exact) mass is 430 g/mol. The molecule has 8 heteroatoms. The summed E-state index contributed by atoms with van der Waals surface area (Å²) in [5.74, 6) is 0.749. The Balaban J connectivity index is 1.74.